The molecular weight excluding hydrogens is 218 g/mol. The van der Waals surface area contributed by atoms with Crippen molar-refractivity contribution in [3.63, 3.8) is 0 Å². The SMILES string of the molecule is CCCc1cnc(N(C)CCCC(=O)O)nc1. The zero-order valence-electron chi connectivity index (χ0n) is 10.4. The molecule has 0 fully saturated rings. The number of rotatable bonds is 7. The topological polar surface area (TPSA) is 66.3 Å². The van der Waals surface area contributed by atoms with E-state index in [1.165, 1.54) is 0 Å². The van der Waals surface area contributed by atoms with Crippen molar-refractivity contribution in [3.05, 3.63) is 18.0 Å². The van der Waals surface area contributed by atoms with E-state index in [0.29, 0.717) is 18.9 Å². The molecular formula is C12H19N3O2. The number of aromatic nitrogens is 2. The van der Waals surface area contributed by atoms with Crippen LogP contribution < -0.4 is 4.90 Å². The van der Waals surface area contributed by atoms with E-state index in [-0.39, 0.29) is 6.42 Å². The molecule has 17 heavy (non-hydrogen) atoms. The third-order valence-corrected chi connectivity index (χ3v) is 2.46. The van der Waals surface area contributed by atoms with Crippen molar-refractivity contribution in [1.29, 1.82) is 0 Å². The molecule has 94 valence electrons. The second kappa shape index (κ2) is 6.83. The predicted octanol–water partition coefficient (Wildman–Crippen LogP) is 1.73. The maximum Gasteiger partial charge on any atom is 0.303 e. The van der Waals surface area contributed by atoms with Crippen molar-refractivity contribution in [2.75, 3.05) is 18.5 Å². The average molecular weight is 237 g/mol. The van der Waals surface area contributed by atoms with Gasteiger partial charge < -0.3 is 10.0 Å². The Morgan fingerprint density at radius 1 is 1.41 bits per heavy atom. The number of carbonyl (C=O) groups is 1. The molecule has 5 nitrogen and oxygen atoms in total. The number of nitrogens with zero attached hydrogens (tertiary/aromatic N) is 3. The van der Waals surface area contributed by atoms with Gasteiger partial charge in [0.2, 0.25) is 5.95 Å². The molecule has 1 heterocycles. The van der Waals surface area contributed by atoms with Gasteiger partial charge in [0.25, 0.3) is 0 Å². The third-order valence-electron chi connectivity index (χ3n) is 2.46. The molecule has 1 aromatic heterocycles. The number of carboxylic acid groups (broad SMARTS) is 1. The molecule has 0 radical (unpaired) electrons. The molecule has 0 spiro atoms. The van der Waals surface area contributed by atoms with Crippen LogP contribution >= 0.6 is 0 Å². The highest BCUT2D eigenvalue weighted by atomic mass is 16.4. The van der Waals surface area contributed by atoms with E-state index in [9.17, 15) is 4.79 Å². The summed E-state index contributed by atoms with van der Waals surface area (Å²) in [6, 6.07) is 0. The fraction of sp³-hybridized carbons (Fsp3) is 0.583. The summed E-state index contributed by atoms with van der Waals surface area (Å²) in [4.78, 5) is 20.8. The van der Waals surface area contributed by atoms with E-state index in [2.05, 4.69) is 16.9 Å². The lowest BCUT2D eigenvalue weighted by Crippen LogP contribution is -2.21. The number of hydrogen-bond acceptors (Lipinski definition) is 4. The number of anilines is 1. The van der Waals surface area contributed by atoms with Gasteiger partial charge in [-0.3, -0.25) is 4.79 Å². The molecule has 5 heteroatoms. The minimum absolute atomic E-state index is 0.179. The Morgan fingerprint density at radius 2 is 2.06 bits per heavy atom. The molecule has 0 aromatic carbocycles. The summed E-state index contributed by atoms with van der Waals surface area (Å²) in [5.74, 6) is -0.118. The smallest absolute Gasteiger partial charge is 0.303 e. The standard InChI is InChI=1S/C12H19N3O2/c1-3-5-10-8-13-12(14-9-10)15(2)7-4-6-11(16)17/h8-9H,3-7H2,1-2H3,(H,16,17). The van der Waals surface area contributed by atoms with Gasteiger partial charge >= 0.3 is 5.97 Å². The molecule has 0 atom stereocenters. The van der Waals surface area contributed by atoms with Crippen molar-refractivity contribution in [2.24, 2.45) is 0 Å². The van der Waals surface area contributed by atoms with Crippen LogP contribution in [-0.4, -0.2) is 34.6 Å². The number of aryl methyl sites for hydroxylation is 1. The van der Waals surface area contributed by atoms with E-state index in [0.717, 1.165) is 18.4 Å². The monoisotopic (exact) mass is 237 g/mol. The van der Waals surface area contributed by atoms with E-state index >= 15 is 0 Å². The minimum atomic E-state index is -0.766. The lowest BCUT2D eigenvalue weighted by Gasteiger charge is -2.16. The van der Waals surface area contributed by atoms with Crippen LogP contribution in [0.5, 0.6) is 0 Å². The normalized spacial score (nSPS) is 10.2. The second-order valence-electron chi connectivity index (χ2n) is 4.06. The van der Waals surface area contributed by atoms with Gasteiger partial charge in [0.15, 0.2) is 0 Å². The zero-order valence-corrected chi connectivity index (χ0v) is 10.4. The summed E-state index contributed by atoms with van der Waals surface area (Å²) < 4.78 is 0. The highest BCUT2D eigenvalue weighted by Gasteiger charge is 2.05. The largest absolute Gasteiger partial charge is 0.481 e. The van der Waals surface area contributed by atoms with Crippen molar-refractivity contribution in [2.45, 2.75) is 32.6 Å². The molecule has 0 unspecified atom stereocenters. The number of aliphatic carboxylic acids is 1. The van der Waals surface area contributed by atoms with Gasteiger partial charge in [-0.1, -0.05) is 13.3 Å². The van der Waals surface area contributed by atoms with Crippen LogP contribution in [0.3, 0.4) is 0 Å². The number of hydrogen-bond donors (Lipinski definition) is 1. The Bertz CT molecular complexity index is 351. The summed E-state index contributed by atoms with van der Waals surface area (Å²) in [7, 11) is 1.87. The van der Waals surface area contributed by atoms with Crippen LogP contribution in [0.2, 0.25) is 0 Å². The fourth-order valence-corrected chi connectivity index (χ4v) is 1.53. The average Bonchev–Trinajstić information content (AvgIpc) is 2.30. The van der Waals surface area contributed by atoms with Gasteiger partial charge in [0.05, 0.1) is 0 Å². The van der Waals surface area contributed by atoms with Crippen LogP contribution in [0.15, 0.2) is 12.4 Å². The maximum atomic E-state index is 10.4. The molecule has 0 aliphatic heterocycles. The number of carboxylic acids is 1. The first-order chi connectivity index (χ1) is 8.13. The predicted molar refractivity (Wildman–Crippen MR) is 66.2 cm³/mol. The van der Waals surface area contributed by atoms with Gasteiger partial charge in [-0.2, -0.15) is 0 Å². The van der Waals surface area contributed by atoms with Gasteiger partial charge in [0, 0.05) is 32.4 Å². The Kier molecular flexibility index (Phi) is 5.39. The molecule has 0 aliphatic carbocycles. The highest BCUT2D eigenvalue weighted by molar-refractivity contribution is 5.66. The third kappa shape index (κ3) is 4.80. The first-order valence-corrected chi connectivity index (χ1v) is 5.87. The first kappa shape index (κ1) is 13.4. The highest BCUT2D eigenvalue weighted by Crippen LogP contribution is 2.07. The Labute approximate surface area is 102 Å². The Balaban J connectivity index is 2.45. The van der Waals surface area contributed by atoms with Gasteiger partial charge in [-0.25, -0.2) is 9.97 Å². The van der Waals surface area contributed by atoms with Crippen LogP contribution in [0.25, 0.3) is 0 Å². The molecule has 0 amide bonds. The molecule has 1 N–H and O–H groups in total. The second-order valence-corrected chi connectivity index (χ2v) is 4.06. The van der Waals surface area contributed by atoms with Crippen LogP contribution in [0, 0.1) is 0 Å². The maximum absolute atomic E-state index is 10.4. The first-order valence-electron chi connectivity index (χ1n) is 5.87. The van der Waals surface area contributed by atoms with Crippen LogP contribution in [0.1, 0.15) is 31.7 Å². The van der Waals surface area contributed by atoms with E-state index in [1.807, 2.05) is 24.3 Å². The van der Waals surface area contributed by atoms with Crippen LogP contribution in [-0.2, 0) is 11.2 Å². The fourth-order valence-electron chi connectivity index (χ4n) is 1.53. The van der Waals surface area contributed by atoms with Crippen molar-refractivity contribution < 1.29 is 9.90 Å². The van der Waals surface area contributed by atoms with E-state index in [1.54, 1.807) is 0 Å². The minimum Gasteiger partial charge on any atom is -0.481 e. The molecule has 0 saturated carbocycles. The lowest BCUT2D eigenvalue weighted by atomic mass is 10.2. The summed E-state index contributed by atoms with van der Waals surface area (Å²) in [5.41, 5.74) is 1.13. The summed E-state index contributed by atoms with van der Waals surface area (Å²) in [6.45, 7) is 2.77. The van der Waals surface area contributed by atoms with E-state index in [4.69, 9.17) is 5.11 Å². The van der Waals surface area contributed by atoms with Gasteiger partial charge in [-0.15, -0.1) is 0 Å². The lowest BCUT2D eigenvalue weighted by molar-refractivity contribution is -0.137. The van der Waals surface area contributed by atoms with Gasteiger partial charge in [0.1, 0.15) is 0 Å². The van der Waals surface area contributed by atoms with Crippen molar-refractivity contribution in [3.8, 4) is 0 Å². The van der Waals surface area contributed by atoms with Crippen LogP contribution in [0.4, 0.5) is 5.95 Å². The van der Waals surface area contributed by atoms with E-state index < -0.39 is 5.97 Å². The molecule has 1 rings (SSSR count). The zero-order chi connectivity index (χ0) is 12.7. The molecule has 0 bridgehead atoms. The molecule has 0 aliphatic rings. The van der Waals surface area contributed by atoms with Crippen molar-refractivity contribution >= 4 is 11.9 Å². The molecule has 1 aromatic rings. The van der Waals surface area contributed by atoms with Gasteiger partial charge in [-0.05, 0) is 18.4 Å². The molecule has 0 saturated heterocycles. The Hall–Kier alpha value is -1.65. The van der Waals surface area contributed by atoms with Crippen molar-refractivity contribution in [1.82, 2.24) is 9.97 Å². The summed E-state index contributed by atoms with van der Waals surface area (Å²) >= 11 is 0. The quantitative estimate of drug-likeness (QED) is 0.782. The summed E-state index contributed by atoms with van der Waals surface area (Å²) in [6.07, 6.45) is 6.52. The summed E-state index contributed by atoms with van der Waals surface area (Å²) in [5, 5.41) is 8.54. The Morgan fingerprint density at radius 3 is 2.59 bits per heavy atom.